The zero-order chi connectivity index (χ0) is 25.5. The summed E-state index contributed by atoms with van der Waals surface area (Å²) in [5.41, 5.74) is 9.28. The minimum Gasteiger partial charge on any atom is -0.480 e. The fourth-order valence-electron chi connectivity index (χ4n) is 2.59. The molecule has 1 rings (SSSR count). The van der Waals surface area contributed by atoms with E-state index < -0.39 is 72.0 Å². The molecule has 0 aromatic heterocycles. The van der Waals surface area contributed by atoms with Crippen LogP contribution in [-0.4, -0.2) is 101 Å². The highest BCUT2D eigenvalue weighted by atomic mass is 32.2. The number of nitrogens with one attached hydrogen (secondary N) is 1. The number of nitrogens with two attached hydrogens (primary N) is 2. The Labute approximate surface area is 180 Å². The van der Waals surface area contributed by atoms with E-state index in [1.54, 1.807) is 0 Å². The summed E-state index contributed by atoms with van der Waals surface area (Å²) in [6.45, 7) is -1.24. The average molecular weight is 496 g/mol. The molecule has 0 aliphatic carbocycles. The van der Waals surface area contributed by atoms with Crippen molar-refractivity contribution >= 4 is 35.2 Å². The third kappa shape index (κ3) is 9.22. The Bertz CT molecular complexity index is 784. The predicted molar refractivity (Wildman–Crippen MR) is 100 cm³/mol. The van der Waals surface area contributed by atoms with Gasteiger partial charge in [0.25, 0.3) is 10.2 Å². The summed E-state index contributed by atoms with van der Waals surface area (Å²) in [5, 5.41) is 42.9. The number of halogens is 3. The number of carboxylic acids is 3. The van der Waals surface area contributed by atoms with Crippen molar-refractivity contribution < 1.29 is 61.3 Å². The van der Waals surface area contributed by atoms with Crippen LogP contribution in [0.3, 0.4) is 0 Å². The first-order chi connectivity index (χ1) is 14.3. The lowest BCUT2D eigenvalue weighted by atomic mass is 9.78. The van der Waals surface area contributed by atoms with Crippen LogP contribution in [0.4, 0.5) is 13.2 Å². The summed E-state index contributed by atoms with van der Waals surface area (Å²) in [5.74, 6) is -6.26. The summed E-state index contributed by atoms with van der Waals surface area (Å²) in [4.78, 5) is 31.0. The minimum absolute atomic E-state index is 0.00463. The summed E-state index contributed by atoms with van der Waals surface area (Å²) >= 11 is 0. The molecule has 0 aromatic carbocycles. The van der Waals surface area contributed by atoms with Gasteiger partial charge in [0.2, 0.25) is 0 Å². The zero-order valence-corrected chi connectivity index (χ0v) is 17.2. The van der Waals surface area contributed by atoms with Crippen molar-refractivity contribution in [1.29, 1.82) is 0 Å². The van der Waals surface area contributed by atoms with Gasteiger partial charge in [-0.1, -0.05) is 6.42 Å². The molecule has 0 amide bonds. The Hall–Kier alpha value is -2.03. The lowest BCUT2D eigenvalue weighted by molar-refractivity contribution is -0.192. The van der Waals surface area contributed by atoms with Crippen LogP contribution in [0.15, 0.2) is 0 Å². The van der Waals surface area contributed by atoms with Crippen LogP contribution >= 0.6 is 0 Å². The van der Waals surface area contributed by atoms with E-state index in [4.69, 9.17) is 36.5 Å². The van der Waals surface area contributed by atoms with Gasteiger partial charge >= 0.3 is 31.2 Å². The van der Waals surface area contributed by atoms with Crippen LogP contribution in [0.25, 0.3) is 0 Å². The van der Waals surface area contributed by atoms with E-state index in [0.717, 1.165) is 4.31 Å². The van der Waals surface area contributed by atoms with Crippen molar-refractivity contribution in [1.82, 2.24) is 9.03 Å². The SMILES string of the molecule is N[C@@H](CNS(=O)(=O)N1C[C@@H](CCCB(O)O)[C@@](N)(C(=O)O)C1)C(=O)O.O=C(O)C(F)(F)F. The third-order valence-corrected chi connectivity index (χ3v) is 5.88. The molecule has 1 aliphatic heterocycles. The Morgan fingerprint density at radius 3 is 2.09 bits per heavy atom. The van der Waals surface area contributed by atoms with Gasteiger partial charge in [0.1, 0.15) is 11.6 Å². The monoisotopic (exact) mass is 496 g/mol. The summed E-state index contributed by atoms with van der Waals surface area (Å²) in [6, 6.07) is -1.44. The second-order valence-electron chi connectivity index (χ2n) is 6.85. The second kappa shape index (κ2) is 11.7. The first-order valence-electron chi connectivity index (χ1n) is 8.76. The molecule has 3 atom stereocenters. The van der Waals surface area contributed by atoms with E-state index in [1.165, 1.54) is 0 Å². The quantitative estimate of drug-likeness (QED) is 0.139. The molecule has 32 heavy (non-hydrogen) atoms. The Morgan fingerprint density at radius 2 is 1.72 bits per heavy atom. The first-order valence-corrected chi connectivity index (χ1v) is 10.2. The van der Waals surface area contributed by atoms with Crippen molar-refractivity contribution in [2.75, 3.05) is 19.6 Å². The van der Waals surface area contributed by atoms with Crippen LogP contribution in [0.1, 0.15) is 12.8 Å². The molecule has 0 radical (unpaired) electrons. The van der Waals surface area contributed by atoms with E-state index in [0.29, 0.717) is 0 Å². The van der Waals surface area contributed by atoms with E-state index in [-0.39, 0.29) is 25.7 Å². The number of rotatable bonds is 10. The van der Waals surface area contributed by atoms with E-state index >= 15 is 0 Å². The van der Waals surface area contributed by atoms with Crippen molar-refractivity contribution in [2.45, 2.75) is 36.9 Å². The highest BCUT2D eigenvalue weighted by molar-refractivity contribution is 7.87. The molecule has 0 spiro atoms. The molecule has 1 fully saturated rings. The highest BCUT2D eigenvalue weighted by Crippen LogP contribution is 2.31. The third-order valence-electron chi connectivity index (χ3n) is 4.39. The maximum atomic E-state index is 12.2. The first kappa shape index (κ1) is 30.0. The number of carboxylic acid groups (broad SMARTS) is 3. The molecule has 1 aliphatic rings. The van der Waals surface area contributed by atoms with Crippen LogP contribution in [0.2, 0.25) is 6.32 Å². The van der Waals surface area contributed by atoms with Gasteiger partial charge in [0.15, 0.2) is 0 Å². The molecular formula is C13H24BF3N4O10S. The van der Waals surface area contributed by atoms with Crippen LogP contribution < -0.4 is 16.2 Å². The maximum absolute atomic E-state index is 12.2. The van der Waals surface area contributed by atoms with E-state index in [1.807, 2.05) is 4.72 Å². The molecule has 0 aromatic rings. The summed E-state index contributed by atoms with van der Waals surface area (Å²) in [7, 11) is -5.71. The number of aliphatic carboxylic acids is 3. The highest BCUT2D eigenvalue weighted by Gasteiger charge is 2.52. The van der Waals surface area contributed by atoms with Crippen LogP contribution in [0, 0.1) is 5.92 Å². The molecule has 1 saturated heterocycles. The molecule has 0 bridgehead atoms. The lowest BCUT2D eigenvalue weighted by Gasteiger charge is -2.25. The smallest absolute Gasteiger partial charge is 0.480 e. The number of hydrogen-bond donors (Lipinski definition) is 8. The van der Waals surface area contributed by atoms with Crippen LogP contribution in [0.5, 0.6) is 0 Å². The molecule has 0 saturated carbocycles. The van der Waals surface area contributed by atoms with Gasteiger partial charge < -0.3 is 36.8 Å². The fraction of sp³-hybridized carbons (Fsp3) is 0.769. The van der Waals surface area contributed by atoms with Gasteiger partial charge in [-0.05, 0) is 12.7 Å². The Morgan fingerprint density at radius 1 is 1.22 bits per heavy atom. The molecule has 0 unspecified atom stereocenters. The number of alkyl halides is 3. The van der Waals surface area contributed by atoms with Gasteiger partial charge in [0, 0.05) is 25.6 Å². The van der Waals surface area contributed by atoms with E-state index in [9.17, 15) is 36.3 Å². The molecular weight excluding hydrogens is 472 g/mol. The van der Waals surface area contributed by atoms with Crippen molar-refractivity contribution in [3.8, 4) is 0 Å². The number of carbonyl (C=O) groups is 3. The second-order valence-corrected chi connectivity index (χ2v) is 8.60. The van der Waals surface area contributed by atoms with Gasteiger partial charge in [-0.25, -0.2) is 4.79 Å². The fourth-order valence-corrected chi connectivity index (χ4v) is 3.92. The molecule has 14 nitrogen and oxygen atoms in total. The standard InChI is InChI=1S/C11H23BN4O8S.C2HF3O2/c13-8(9(17)18)4-15-25(23,24)16-5-7(2-1-3-12(21)22)11(14,6-16)10(19)20;3-2(4,5)1(6)7/h7-8,15,21-22H,1-6,13-14H2,(H,17,18)(H,19,20);(H,6,7)/t7-,8+,11-;/m1./s1. The predicted octanol–water partition coefficient (Wildman–Crippen LogP) is -3.17. The van der Waals surface area contributed by atoms with E-state index in [2.05, 4.69) is 0 Å². The maximum Gasteiger partial charge on any atom is 0.490 e. The molecule has 19 heteroatoms. The topological polar surface area (TPSA) is 254 Å². The Balaban J connectivity index is 0.00000118. The summed E-state index contributed by atoms with van der Waals surface area (Å²) in [6.07, 6.45) is -4.65. The van der Waals surface area contributed by atoms with Gasteiger partial charge in [-0.15, -0.1) is 0 Å². The van der Waals surface area contributed by atoms with Gasteiger partial charge in [0.05, 0.1) is 0 Å². The number of hydrogen-bond acceptors (Lipinski definition) is 9. The molecule has 186 valence electrons. The largest absolute Gasteiger partial charge is 0.490 e. The molecule has 10 N–H and O–H groups in total. The minimum atomic E-state index is -5.08. The lowest BCUT2D eigenvalue weighted by Crippen LogP contribution is -2.55. The van der Waals surface area contributed by atoms with Crippen molar-refractivity contribution in [3.05, 3.63) is 0 Å². The number of nitrogens with zero attached hydrogens (tertiary/aromatic N) is 1. The van der Waals surface area contributed by atoms with Crippen LogP contribution in [-0.2, 0) is 24.6 Å². The normalized spacial score (nSPS) is 22.5. The average Bonchev–Trinajstić information content (AvgIpc) is 2.98. The molecule has 1 heterocycles. The van der Waals surface area contributed by atoms with Gasteiger partial charge in [-0.2, -0.15) is 30.6 Å². The van der Waals surface area contributed by atoms with Crippen molar-refractivity contribution in [3.63, 3.8) is 0 Å². The van der Waals surface area contributed by atoms with Crippen molar-refractivity contribution in [2.24, 2.45) is 17.4 Å². The Kier molecular flexibility index (Phi) is 11.0. The summed E-state index contributed by atoms with van der Waals surface area (Å²) < 4.78 is 59.1. The zero-order valence-electron chi connectivity index (χ0n) is 16.4. The van der Waals surface area contributed by atoms with Gasteiger partial charge in [-0.3, -0.25) is 9.59 Å².